The molecule has 3 rings (SSSR count). The van der Waals surface area contributed by atoms with E-state index in [1.807, 2.05) is 17.0 Å². The normalized spacial score (nSPS) is 22.1. The largest absolute Gasteiger partial charge is 0.339 e. The second kappa shape index (κ2) is 8.22. The molecule has 0 radical (unpaired) electrons. The highest BCUT2D eigenvalue weighted by molar-refractivity contribution is 6.33. The van der Waals surface area contributed by atoms with Crippen LogP contribution in [0.3, 0.4) is 0 Å². The minimum atomic E-state index is -0.0269. The van der Waals surface area contributed by atoms with Crippen molar-refractivity contribution in [1.82, 2.24) is 9.80 Å². The fourth-order valence-electron chi connectivity index (χ4n) is 4.08. The summed E-state index contributed by atoms with van der Waals surface area (Å²) in [6.45, 7) is 4.33. The number of hydrogen-bond acceptors (Lipinski definition) is 2. The molecule has 0 spiro atoms. The first-order chi connectivity index (χ1) is 12.1. The topological polar surface area (TPSA) is 40.6 Å². The SMILES string of the molecule is CC[C@H]1CCCCN1C(=O)C1CCN(C(=O)c2ccccc2Cl)CC1. The second-order valence-electron chi connectivity index (χ2n) is 7.14. The third-order valence-corrected chi connectivity index (χ3v) is 5.95. The van der Waals surface area contributed by atoms with Crippen molar-refractivity contribution in [3.63, 3.8) is 0 Å². The van der Waals surface area contributed by atoms with Gasteiger partial charge in [0.05, 0.1) is 10.6 Å². The summed E-state index contributed by atoms with van der Waals surface area (Å²) < 4.78 is 0. The van der Waals surface area contributed by atoms with Crippen molar-refractivity contribution in [3.8, 4) is 0 Å². The lowest BCUT2D eigenvalue weighted by Crippen LogP contribution is -2.49. The number of amides is 2. The highest BCUT2D eigenvalue weighted by atomic mass is 35.5. The van der Waals surface area contributed by atoms with Gasteiger partial charge in [0, 0.05) is 31.6 Å². The lowest BCUT2D eigenvalue weighted by atomic mass is 9.91. The Morgan fingerprint density at radius 3 is 2.48 bits per heavy atom. The van der Waals surface area contributed by atoms with Crippen LogP contribution in [0.4, 0.5) is 0 Å². The van der Waals surface area contributed by atoms with Crippen LogP contribution in [0.25, 0.3) is 0 Å². The van der Waals surface area contributed by atoms with Crippen LogP contribution >= 0.6 is 11.6 Å². The zero-order valence-corrected chi connectivity index (χ0v) is 15.7. The van der Waals surface area contributed by atoms with Gasteiger partial charge in [0.1, 0.15) is 0 Å². The van der Waals surface area contributed by atoms with Gasteiger partial charge in [-0.15, -0.1) is 0 Å². The average molecular weight is 363 g/mol. The van der Waals surface area contributed by atoms with E-state index < -0.39 is 0 Å². The number of rotatable bonds is 3. The second-order valence-corrected chi connectivity index (χ2v) is 7.54. The number of halogens is 1. The van der Waals surface area contributed by atoms with Gasteiger partial charge in [-0.25, -0.2) is 0 Å². The highest BCUT2D eigenvalue weighted by Gasteiger charge is 2.34. The molecule has 0 bridgehead atoms. The molecular formula is C20H27ClN2O2. The molecule has 2 amide bonds. The summed E-state index contributed by atoms with van der Waals surface area (Å²) >= 11 is 6.14. The van der Waals surface area contributed by atoms with Crippen LogP contribution in [-0.2, 0) is 4.79 Å². The molecule has 5 heteroatoms. The van der Waals surface area contributed by atoms with Gasteiger partial charge >= 0.3 is 0 Å². The molecule has 0 saturated carbocycles. The first kappa shape index (κ1) is 18.2. The third kappa shape index (κ3) is 4.00. The number of likely N-dealkylation sites (tertiary alicyclic amines) is 2. The maximum absolute atomic E-state index is 12.9. The average Bonchev–Trinajstić information content (AvgIpc) is 2.67. The van der Waals surface area contributed by atoms with Gasteiger partial charge in [0.2, 0.25) is 5.91 Å². The maximum atomic E-state index is 12.9. The molecular weight excluding hydrogens is 336 g/mol. The number of hydrogen-bond donors (Lipinski definition) is 0. The first-order valence-corrected chi connectivity index (χ1v) is 9.84. The van der Waals surface area contributed by atoms with Crippen LogP contribution in [0.2, 0.25) is 5.02 Å². The van der Waals surface area contributed by atoms with Crippen molar-refractivity contribution in [2.45, 2.75) is 51.5 Å². The zero-order chi connectivity index (χ0) is 17.8. The summed E-state index contributed by atoms with van der Waals surface area (Å²) in [4.78, 5) is 29.5. The van der Waals surface area contributed by atoms with Gasteiger partial charge in [0.25, 0.3) is 5.91 Å². The van der Waals surface area contributed by atoms with Gasteiger partial charge in [-0.3, -0.25) is 9.59 Å². The molecule has 136 valence electrons. The lowest BCUT2D eigenvalue weighted by Gasteiger charge is -2.39. The van der Waals surface area contributed by atoms with Gasteiger partial charge < -0.3 is 9.80 Å². The Kier molecular flexibility index (Phi) is 6.00. The Balaban J connectivity index is 1.59. The molecule has 2 heterocycles. The summed E-state index contributed by atoms with van der Waals surface area (Å²) in [6.07, 6.45) is 6.02. The van der Waals surface area contributed by atoms with Crippen LogP contribution in [0.15, 0.2) is 24.3 Å². The van der Waals surface area contributed by atoms with Gasteiger partial charge in [-0.1, -0.05) is 30.7 Å². The Bertz CT molecular complexity index is 626. The molecule has 0 aromatic heterocycles. The molecule has 1 aromatic rings. The minimum absolute atomic E-state index is 0.0269. The number of carbonyl (C=O) groups is 2. The quantitative estimate of drug-likeness (QED) is 0.815. The molecule has 25 heavy (non-hydrogen) atoms. The minimum Gasteiger partial charge on any atom is -0.339 e. The summed E-state index contributed by atoms with van der Waals surface area (Å²) in [7, 11) is 0. The van der Waals surface area contributed by atoms with Crippen LogP contribution in [0.1, 0.15) is 55.8 Å². The van der Waals surface area contributed by atoms with Crippen LogP contribution in [0.5, 0.6) is 0 Å². The summed E-state index contributed by atoms with van der Waals surface area (Å²) in [6, 6.07) is 7.57. The molecule has 0 unspecified atom stereocenters. The van der Waals surface area contributed by atoms with Gasteiger partial charge in [-0.05, 0) is 50.7 Å². The van der Waals surface area contributed by atoms with Gasteiger partial charge in [-0.2, -0.15) is 0 Å². The van der Waals surface area contributed by atoms with E-state index in [4.69, 9.17) is 11.6 Å². The van der Waals surface area contributed by atoms with E-state index in [-0.39, 0.29) is 11.8 Å². The highest BCUT2D eigenvalue weighted by Crippen LogP contribution is 2.27. The third-order valence-electron chi connectivity index (χ3n) is 5.62. The molecule has 2 aliphatic heterocycles. The number of nitrogens with zero attached hydrogens (tertiary/aromatic N) is 2. The van der Waals surface area contributed by atoms with E-state index in [0.717, 1.165) is 38.6 Å². The summed E-state index contributed by atoms with van der Waals surface area (Å²) in [5.41, 5.74) is 0.552. The molecule has 2 fully saturated rings. The summed E-state index contributed by atoms with van der Waals surface area (Å²) in [5.74, 6) is 0.333. The fourth-order valence-corrected chi connectivity index (χ4v) is 4.30. The Morgan fingerprint density at radius 1 is 1.08 bits per heavy atom. The van der Waals surface area contributed by atoms with E-state index in [1.54, 1.807) is 12.1 Å². The van der Waals surface area contributed by atoms with E-state index in [2.05, 4.69) is 11.8 Å². The molecule has 1 atom stereocenters. The van der Waals surface area contributed by atoms with Gasteiger partial charge in [0.15, 0.2) is 0 Å². The van der Waals surface area contributed by atoms with Crippen LogP contribution < -0.4 is 0 Å². The fraction of sp³-hybridized carbons (Fsp3) is 0.600. The van der Waals surface area contributed by atoms with E-state index in [9.17, 15) is 9.59 Å². The van der Waals surface area contributed by atoms with Crippen molar-refractivity contribution >= 4 is 23.4 Å². The predicted octanol–water partition coefficient (Wildman–Crippen LogP) is 3.98. The molecule has 1 aromatic carbocycles. The maximum Gasteiger partial charge on any atom is 0.255 e. The van der Waals surface area contributed by atoms with Crippen molar-refractivity contribution in [1.29, 1.82) is 0 Å². The molecule has 2 saturated heterocycles. The lowest BCUT2D eigenvalue weighted by molar-refractivity contribution is -0.140. The standard InChI is InChI=1S/C20H27ClN2O2/c1-2-16-7-5-6-12-23(16)19(24)15-10-13-22(14-11-15)20(25)17-8-3-4-9-18(17)21/h3-4,8-9,15-16H,2,5-7,10-14H2,1H3/t16-/m0/s1. The Labute approximate surface area is 155 Å². The smallest absolute Gasteiger partial charge is 0.255 e. The first-order valence-electron chi connectivity index (χ1n) is 9.46. The monoisotopic (exact) mass is 362 g/mol. The van der Waals surface area contributed by atoms with E-state index in [0.29, 0.717) is 35.6 Å². The summed E-state index contributed by atoms with van der Waals surface area (Å²) in [5, 5.41) is 0.491. The number of piperidine rings is 2. The number of carbonyl (C=O) groups excluding carboxylic acids is 2. The molecule has 0 aliphatic carbocycles. The number of benzene rings is 1. The van der Waals surface area contributed by atoms with Crippen LogP contribution in [-0.4, -0.2) is 47.3 Å². The molecule has 2 aliphatic rings. The molecule has 4 nitrogen and oxygen atoms in total. The molecule has 0 N–H and O–H groups in total. The predicted molar refractivity (Wildman–Crippen MR) is 99.7 cm³/mol. The van der Waals surface area contributed by atoms with E-state index >= 15 is 0 Å². The Morgan fingerprint density at radius 2 is 1.80 bits per heavy atom. The van der Waals surface area contributed by atoms with Crippen molar-refractivity contribution in [3.05, 3.63) is 34.9 Å². The Hall–Kier alpha value is -1.55. The van der Waals surface area contributed by atoms with Crippen molar-refractivity contribution in [2.75, 3.05) is 19.6 Å². The van der Waals surface area contributed by atoms with Crippen LogP contribution in [0, 0.1) is 5.92 Å². The van der Waals surface area contributed by atoms with Crippen molar-refractivity contribution < 1.29 is 9.59 Å². The van der Waals surface area contributed by atoms with E-state index in [1.165, 1.54) is 6.42 Å². The zero-order valence-electron chi connectivity index (χ0n) is 14.9. The van der Waals surface area contributed by atoms with Crippen molar-refractivity contribution in [2.24, 2.45) is 5.92 Å².